The molecule has 0 saturated heterocycles. The van der Waals surface area contributed by atoms with Crippen molar-refractivity contribution in [1.82, 2.24) is 9.97 Å². The second kappa shape index (κ2) is 11.5. The van der Waals surface area contributed by atoms with Crippen molar-refractivity contribution in [1.29, 1.82) is 0 Å². The second-order valence-electron chi connectivity index (χ2n) is 9.88. The maximum absolute atomic E-state index is 12.7. The molecule has 0 bridgehead atoms. The summed E-state index contributed by atoms with van der Waals surface area (Å²) >= 11 is 0. The molecule has 0 fully saturated rings. The van der Waals surface area contributed by atoms with E-state index in [0.717, 1.165) is 61.2 Å². The Morgan fingerprint density at radius 2 is 1.45 bits per heavy atom. The van der Waals surface area contributed by atoms with Crippen molar-refractivity contribution in [3.63, 3.8) is 0 Å². The van der Waals surface area contributed by atoms with Crippen LogP contribution >= 0.6 is 0 Å². The standard InChI is InChI=1S/C24H16NO.C12H10N.Ir/c1-14-11-15(2)13-16(12-14)21-9-7-19-22(25-21)10-8-20-23(19)17-5-3-4-6-18(17)24(20)26;1-10-7-8-12(13-9-10)11-5-3-2-4-6-11;/h3-12H,1-2H3;2-5,7-9H,1H3;/q2*-1;. The molecule has 1 aliphatic rings. The molecule has 6 aromatic rings. The number of rotatable bonds is 2. The molecule has 2 heterocycles. The van der Waals surface area contributed by atoms with Crippen molar-refractivity contribution in [2.45, 2.75) is 20.8 Å². The van der Waals surface area contributed by atoms with Gasteiger partial charge in [0.25, 0.3) is 0 Å². The summed E-state index contributed by atoms with van der Waals surface area (Å²) in [6.07, 6.45) is 1.87. The Bertz CT molecular complexity index is 1820. The van der Waals surface area contributed by atoms with E-state index >= 15 is 0 Å². The number of carbonyl (C=O) groups excluding carboxylic acids is 1. The maximum atomic E-state index is 12.7. The summed E-state index contributed by atoms with van der Waals surface area (Å²) < 4.78 is 0. The zero-order valence-corrected chi connectivity index (χ0v) is 24.8. The van der Waals surface area contributed by atoms with E-state index in [2.05, 4.69) is 48.3 Å². The first kappa shape index (κ1) is 27.3. The number of fused-ring (bicyclic) bond motifs is 5. The van der Waals surface area contributed by atoms with E-state index in [1.54, 1.807) is 0 Å². The number of hydrogen-bond donors (Lipinski definition) is 0. The third-order valence-corrected chi connectivity index (χ3v) is 6.88. The molecular weight excluding hydrogens is 669 g/mol. The molecule has 4 heteroatoms. The van der Waals surface area contributed by atoms with Crippen molar-refractivity contribution in [2.24, 2.45) is 0 Å². The van der Waals surface area contributed by atoms with E-state index in [0.29, 0.717) is 0 Å². The van der Waals surface area contributed by atoms with E-state index < -0.39 is 0 Å². The molecule has 0 N–H and O–H groups in total. The molecule has 2 aromatic heterocycles. The van der Waals surface area contributed by atoms with Crippen LogP contribution in [0.4, 0.5) is 0 Å². The quantitative estimate of drug-likeness (QED) is 0.171. The fourth-order valence-electron chi connectivity index (χ4n) is 5.09. The topological polar surface area (TPSA) is 42.9 Å². The molecule has 0 unspecified atom stereocenters. The van der Waals surface area contributed by atoms with Gasteiger partial charge in [-0.15, -0.1) is 70.8 Å². The molecule has 197 valence electrons. The molecule has 7 rings (SSSR count). The Balaban J connectivity index is 0.000000195. The Morgan fingerprint density at radius 3 is 2.17 bits per heavy atom. The van der Waals surface area contributed by atoms with Crippen LogP contribution in [-0.4, -0.2) is 15.8 Å². The zero-order valence-electron chi connectivity index (χ0n) is 22.5. The molecule has 0 atom stereocenters. The molecule has 4 aromatic carbocycles. The van der Waals surface area contributed by atoms with Crippen LogP contribution in [0.1, 0.15) is 32.6 Å². The summed E-state index contributed by atoms with van der Waals surface area (Å²) in [5.74, 6) is 0.101. The fourth-order valence-corrected chi connectivity index (χ4v) is 5.09. The number of ketones is 1. The molecule has 1 aliphatic carbocycles. The van der Waals surface area contributed by atoms with Crippen LogP contribution in [0.3, 0.4) is 0 Å². The van der Waals surface area contributed by atoms with E-state index in [1.165, 1.54) is 11.1 Å². The second-order valence-corrected chi connectivity index (χ2v) is 9.88. The van der Waals surface area contributed by atoms with Crippen LogP contribution in [0.25, 0.3) is 44.5 Å². The van der Waals surface area contributed by atoms with Crippen LogP contribution in [0.15, 0.2) is 103 Å². The number of benzene rings is 4. The van der Waals surface area contributed by atoms with Gasteiger partial charge in [-0.2, -0.15) is 0 Å². The monoisotopic (exact) mass is 695 g/mol. The van der Waals surface area contributed by atoms with Gasteiger partial charge < -0.3 is 4.98 Å². The summed E-state index contributed by atoms with van der Waals surface area (Å²) in [6, 6.07) is 38.4. The third kappa shape index (κ3) is 5.29. The van der Waals surface area contributed by atoms with Crippen molar-refractivity contribution < 1.29 is 24.9 Å². The van der Waals surface area contributed by atoms with Gasteiger partial charge in [0, 0.05) is 48.4 Å². The van der Waals surface area contributed by atoms with Gasteiger partial charge in [-0.25, -0.2) is 0 Å². The molecule has 0 spiro atoms. The Morgan fingerprint density at radius 1 is 0.675 bits per heavy atom. The van der Waals surface area contributed by atoms with Gasteiger partial charge >= 0.3 is 0 Å². The van der Waals surface area contributed by atoms with E-state index in [4.69, 9.17) is 4.98 Å². The Labute approximate surface area is 248 Å². The Hall–Kier alpha value is -4.24. The molecule has 0 aliphatic heterocycles. The third-order valence-electron chi connectivity index (χ3n) is 6.88. The number of nitrogens with zero attached hydrogens (tertiary/aromatic N) is 2. The number of aryl methyl sites for hydroxylation is 3. The average molecular weight is 695 g/mol. The van der Waals surface area contributed by atoms with Crippen molar-refractivity contribution in [2.75, 3.05) is 0 Å². The van der Waals surface area contributed by atoms with Crippen LogP contribution in [0.5, 0.6) is 0 Å². The summed E-state index contributed by atoms with van der Waals surface area (Å²) in [7, 11) is 0. The molecule has 40 heavy (non-hydrogen) atoms. The van der Waals surface area contributed by atoms with Gasteiger partial charge in [0.15, 0.2) is 5.78 Å². The minimum Gasteiger partial charge on any atom is -0.304 e. The number of hydrogen-bond acceptors (Lipinski definition) is 3. The van der Waals surface area contributed by atoms with Gasteiger partial charge in [0.2, 0.25) is 0 Å². The van der Waals surface area contributed by atoms with Crippen molar-refractivity contribution in [3.05, 3.63) is 143 Å². The average Bonchev–Trinajstić information content (AvgIpc) is 3.25. The molecule has 1 radical (unpaired) electrons. The van der Waals surface area contributed by atoms with Gasteiger partial charge in [-0.05, 0) is 41.6 Å². The van der Waals surface area contributed by atoms with Gasteiger partial charge in [-0.1, -0.05) is 62.4 Å². The van der Waals surface area contributed by atoms with E-state index in [1.807, 2.05) is 92.8 Å². The summed E-state index contributed by atoms with van der Waals surface area (Å²) in [6.45, 7) is 6.17. The predicted octanol–water partition coefficient (Wildman–Crippen LogP) is 8.38. The van der Waals surface area contributed by atoms with Crippen LogP contribution in [0, 0.1) is 32.9 Å². The van der Waals surface area contributed by atoms with E-state index in [9.17, 15) is 4.79 Å². The number of pyridine rings is 2. The first-order valence-corrected chi connectivity index (χ1v) is 13.0. The van der Waals surface area contributed by atoms with Crippen molar-refractivity contribution in [3.8, 4) is 33.6 Å². The zero-order chi connectivity index (χ0) is 26.9. The molecular formula is C36H26IrN2O-2. The summed E-state index contributed by atoms with van der Waals surface area (Å²) in [5, 5.41) is 1.02. The van der Waals surface area contributed by atoms with Crippen LogP contribution in [-0.2, 0) is 20.1 Å². The largest absolute Gasteiger partial charge is 0.304 e. The Kier molecular flexibility index (Phi) is 7.84. The first-order valence-electron chi connectivity index (χ1n) is 13.0. The smallest absolute Gasteiger partial charge is 0.194 e. The van der Waals surface area contributed by atoms with E-state index in [-0.39, 0.29) is 25.9 Å². The van der Waals surface area contributed by atoms with Crippen molar-refractivity contribution >= 4 is 16.7 Å². The minimum absolute atomic E-state index is 0. The van der Waals surface area contributed by atoms with Crippen LogP contribution in [0.2, 0.25) is 0 Å². The maximum Gasteiger partial charge on any atom is 0.194 e. The van der Waals surface area contributed by atoms with Crippen LogP contribution < -0.4 is 0 Å². The van der Waals surface area contributed by atoms with Gasteiger partial charge in [0.05, 0.1) is 5.52 Å². The van der Waals surface area contributed by atoms with Gasteiger partial charge in [-0.3, -0.25) is 9.78 Å². The summed E-state index contributed by atoms with van der Waals surface area (Å²) in [4.78, 5) is 21.8. The predicted molar refractivity (Wildman–Crippen MR) is 158 cm³/mol. The summed E-state index contributed by atoms with van der Waals surface area (Å²) in [5.41, 5.74) is 11.9. The molecule has 0 saturated carbocycles. The minimum atomic E-state index is 0. The normalized spacial score (nSPS) is 11.2. The first-order chi connectivity index (χ1) is 19.0. The molecule has 0 amide bonds. The number of aromatic nitrogens is 2. The number of carbonyl (C=O) groups is 1. The fraction of sp³-hybridized carbons (Fsp3) is 0.0833. The van der Waals surface area contributed by atoms with Gasteiger partial charge in [0.1, 0.15) is 0 Å². The SMILES string of the molecule is Cc1[c-]c(-c2ccc3c4c(ccc3n2)C(=O)c2ccccc2-4)cc(C)c1.Cc1ccc(-c2[c-]cccc2)nc1.[Ir]. The molecule has 3 nitrogen and oxygen atoms in total.